The number of halogens is 5. The van der Waals surface area contributed by atoms with Gasteiger partial charge in [-0.1, -0.05) is 29.8 Å². The monoisotopic (exact) mass is 519 g/mol. The summed E-state index contributed by atoms with van der Waals surface area (Å²) >= 11 is 6.26. The van der Waals surface area contributed by atoms with Gasteiger partial charge in [0.25, 0.3) is 11.7 Å². The summed E-state index contributed by atoms with van der Waals surface area (Å²) in [6, 6.07) is 11.6. The van der Waals surface area contributed by atoms with Crippen molar-refractivity contribution in [3.05, 3.63) is 99.8 Å². The number of carbonyl (C=O) groups excluding carboxylic acids is 2. The highest BCUT2D eigenvalue weighted by atomic mass is 35.5. The van der Waals surface area contributed by atoms with Crippen molar-refractivity contribution in [1.29, 1.82) is 0 Å². The molecule has 0 spiro atoms. The second-order valence-corrected chi connectivity index (χ2v) is 8.25. The van der Waals surface area contributed by atoms with E-state index in [1.165, 1.54) is 30.3 Å². The van der Waals surface area contributed by atoms with Crippen molar-refractivity contribution in [1.82, 2.24) is 0 Å². The number of hydrogen-bond acceptors (Lipinski definition) is 4. The Hall–Kier alpha value is -3.85. The Kier molecular flexibility index (Phi) is 6.77. The van der Waals surface area contributed by atoms with Crippen molar-refractivity contribution in [2.24, 2.45) is 0 Å². The van der Waals surface area contributed by atoms with Crippen LogP contribution in [0.3, 0.4) is 0 Å². The van der Waals surface area contributed by atoms with Crippen molar-refractivity contribution >= 4 is 34.7 Å². The van der Waals surface area contributed by atoms with Crippen molar-refractivity contribution in [3.8, 4) is 5.75 Å². The molecule has 36 heavy (non-hydrogen) atoms. The summed E-state index contributed by atoms with van der Waals surface area (Å²) in [6.07, 6.45) is -4.71. The molecule has 3 aromatic carbocycles. The van der Waals surface area contributed by atoms with E-state index in [1.807, 2.05) is 0 Å². The predicted molar refractivity (Wildman–Crippen MR) is 125 cm³/mol. The molecule has 1 aliphatic rings. The maximum absolute atomic E-state index is 13.7. The maximum Gasteiger partial charge on any atom is 0.416 e. The normalized spacial score (nSPS) is 17.5. The number of ketones is 1. The van der Waals surface area contributed by atoms with Gasteiger partial charge < -0.3 is 9.84 Å². The summed E-state index contributed by atoms with van der Waals surface area (Å²) in [4.78, 5) is 27.2. The highest BCUT2D eigenvalue weighted by Gasteiger charge is 2.47. The lowest BCUT2D eigenvalue weighted by Gasteiger charge is -2.26. The van der Waals surface area contributed by atoms with Gasteiger partial charge in [0.05, 0.1) is 28.8 Å². The van der Waals surface area contributed by atoms with Crippen LogP contribution in [0.1, 0.15) is 29.7 Å². The molecule has 1 fully saturated rings. The van der Waals surface area contributed by atoms with E-state index in [2.05, 4.69) is 0 Å². The molecule has 1 amide bonds. The molecule has 3 aromatic rings. The zero-order valence-electron chi connectivity index (χ0n) is 18.6. The Morgan fingerprint density at radius 2 is 1.75 bits per heavy atom. The minimum atomic E-state index is -4.71. The van der Waals surface area contributed by atoms with E-state index in [4.69, 9.17) is 16.3 Å². The van der Waals surface area contributed by atoms with Crippen molar-refractivity contribution in [2.45, 2.75) is 19.1 Å². The second-order valence-electron chi connectivity index (χ2n) is 7.84. The van der Waals surface area contributed by atoms with E-state index in [-0.39, 0.29) is 21.8 Å². The molecule has 1 atom stereocenters. The van der Waals surface area contributed by atoms with E-state index in [9.17, 15) is 32.3 Å². The molecule has 1 unspecified atom stereocenters. The van der Waals surface area contributed by atoms with Gasteiger partial charge in [-0.3, -0.25) is 14.5 Å². The number of carbonyl (C=O) groups is 2. The van der Waals surface area contributed by atoms with Crippen LogP contribution in [-0.2, 0) is 15.8 Å². The van der Waals surface area contributed by atoms with Crippen LogP contribution < -0.4 is 9.64 Å². The number of Topliss-reactive ketones (excluding diaryl/α,β-unsaturated/α-hetero) is 1. The van der Waals surface area contributed by atoms with E-state index in [1.54, 1.807) is 13.0 Å². The third-order valence-corrected chi connectivity index (χ3v) is 5.92. The van der Waals surface area contributed by atoms with Crippen LogP contribution in [0.4, 0.5) is 23.2 Å². The number of aliphatic hydroxyl groups is 1. The molecule has 0 aliphatic carbocycles. The van der Waals surface area contributed by atoms with Gasteiger partial charge in [0.1, 0.15) is 17.3 Å². The summed E-state index contributed by atoms with van der Waals surface area (Å²) in [7, 11) is 0. The van der Waals surface area contributed by atoms with Crippen LogP contribution in [-0.4, -0.2) is 23.4 Å². The third kappa shape index (κ3) is 4.66. The quantitative estimate of drug-likeness (QED) is 0.180. The molecule has 0 bridgehead atoms. The minimum absolute atomic E-state index is 0.0169. The van der Waals surface area contributed by atoms with Crippen LogP contribution in [0, 0.1) is 5.82 Å². The van der Waals surface area contributed by atoms with Gasteiger partial charge >= 0.3 is 6.18 Å². The Balaban J connectivity index is 1.96. The van der Waals surface area contributed by atoms with E-state index < -0.39 is 46.6 Å². The third-order valence-electron chi connectivity index (χ3n) is 5.59. The number of rotatable bonds is 5. The van der Waals surface area contributed by atoms with Crippen LogP contribution in [0.5, 0.6) is 5.75 Å². The first-order chi connectivity index (χ1) is 17.0. The maximum atomic E-state index is 13.7. The molecule has 1 heterocycles. The average molecular weight is 520 g/mol. The standard InChI is InChI=1S/C26H18ClF4NO4/c1-2-36-18-10-11-20(27)19(13-18)23(33)21-22(14-6-8-16(28)9-7-14)32(25(35)24(21)34)17-5-3-4-15(12-17)26(29,30)31/h3-13,22,33H,2H2,1H3/b23-21+. The van der Waals surface area contributed by atoms with Gasteiger partial charge in [-0.05, 0) is 61.0 Å². The molecule has 1 saturated heterocycles. The summed E-state index contributed by atoms with van der Waals surface area (Å²) in [5.41, 5.74) is -1.51. The predicted octanol–water partition coefficient (Wildman–Crippen LogP) is 6.52. The SMILES string of the molecule is CCOc1ccc(Cl)c(/C(O)=C2\C(=O)C(=O)N(c3cccc(C(F)(F)F)c3)C2c2ccc(F)cc2)c1. The number of amides is 1. The summed E-state index contributed by atoms with van der Waals surface area (Å²) in [6.45, 7) is 2.04. The summed E-state index contributed by atoms with van der Waals surface area (Å²) in [5, 5.41) is 11.2. The molecular formula is C26H18ClF4NO4. The van der Waals surface area contributed by atoms with E-state index in [0.717, 1.165) is 35.2 Å². The molecule has 0 radical (unpaired) electrons. The van der Waals surface area contributed by atoms with Crippen molar-refractivity contribution in [2.75, 3.05) is 11.5 Å². The summed E-state index contributed by atoms with van der Waals surface area (Å²) < 4.78 is 59.2. The number of hydrogen-bond donors (Lipinski definition) is 1. The molecule has 1 N–H and O–H groups in total. The van der Waals surface area contributed by atoms with Gasteiger partial charge in [-0.25, -0.2) is 4.39 Å². The lowest BCUT2D eigenvalue weighted by Crippen LogP contribution is -2.29. The molecule has 186 valence electrons. The summed E-state index contributed by atoms with van der Waals surface area (Å²) in [5.74, 6) is -3.24. The Labute approximate surface area is 208 Å². The van der Waals surface area contributed by atoms with Crippen molar-refractivity contribution in [3.63, 3.8) is 0 Å². The number of nitrogens with zero attached hydrogens (tertiary/aromatic N) is 1. The molecule has 0 aromatic heterocycles. The topological polar surface area (TPSA) is 66.8 Å². The Bertz CT molecular complexity index is 1370. The van der Waals surface area contributed by atoms with Crippen LogP contribution in [0.2, 0.25) is 5.02 Å². The van der Waals surface area contributed by atoms with Gasteiger partial charge in [0.2, 0.25) is 0 Å². The van der Waals surface area contributed by atoms with Crippen LogP contribution in [0.25, 0.3) is 5.76 Å². The molecule has 0 saturated carbocycles. The number of benzene rings is 3. The van der Waals surface area contributed by atoms with E-state index in [0.29, 0.717) is 12.4 Å². The zero-order chi connectivity index (χ0) is 26.2. The van der Waals surface area contributed by atoms with Crippen LogP contribution in [0.15, 0.2) is 72.3 Å². The molecular weight excluding hydrogens is 502 g/mol. The lowest BCUT2D eigenvalue weighted by molar-refractivity contribution is -0.137. The van der Waals surface area contributed by atoms with Crippen LogP contribution >= 0.6 is 11.6 Å². The van der Waals surface area contributed by atoms with Gasteiger partial charge in [-0.2, -0.15) is 13.2 Å². The largest absolute Gasteiger partial charge is 0.507 e. The molecule has 1 aliphatic heterocycles. The number of anilines is 1. The highest BCUT2D eigenvalue weighted by Crippen LogP contribution is 2.44. The molecule has 4 rings (SSSR count). The number of aliphatic hydroxyl groups excluding tert-OH is 1. The Morgan fingerprint density at radius 1 is 1.06 bits per heavy atom. The first kappa shape index (κ1) is 25.2. The molecule has 10 heteroatoms. The fraction of sp³-hybridized carbons (Fsp3) is 0.154. The minimum Gasteiger partial charge on any atom is -0.507 e. The first-order valence-corrected chi connectivity index (χ1v) is 11.1. The Morgan fingerprint density at radius 3 is 2.39 bits per heavy atom. The number of alkyl halides is 3. The van der Waals surface area contributed by atoms with Gasteiger partial charge in [0, 0.05) is 11.3 Å². The zero-order valence-corrected chi connectivity index (χ0v) is 19.4. The fourth-order valence-corrected chi connectivity index (χ4v) is 4.19. The average Bonchev–Trinajstić information content (AvgIpc) is 3.10. The van der Waals surface area contributed by atoms with E-state index >= 15 is 0 Å². The first-order valence-electron chi connectivity index (χ1n) is 10.7. The molecule has 5 nitrogen and oxygen atoms in total. The highest BCUT2D eigenvalue weighted by molar-refractivity contribution is 6.52. The van der Waals surface area contributed by atoms with Gasteiger partial charge in [-0.15, -0.1) is 0 Å². The fourth-order valence-electron chi connectivity index (χ4n) is 3.98. The second kappa shape index (κ2) is 9.66. The van der Waals surface area contributed by atoms with Crippen molar-refractivity contribution < 1.29 is 37.0 Å². The lowest BCUT2D eigenvalue weighted by atomic mass is 9.95. The van der Waals surface area contributed by atoms with Gasteiger partial charge in [0.15, 0.2) is 0 Å². The smallest absolute Gasteiger partial charge is 0.416 e. The number of ether oxygens (including phenoxy) is 1.